The maximum absolute atomic E-state index is 5.49. The number of hydrogen-bond donors (Lipinski definition) is 1. The molecule has 0 atom stereocenters. The van der Waals surface area contributed by atoms with E-state index in [0.717, 1.165) is 56.5 Å². The van der Waals surface area contributed by atoms with Crippen molar-refractivity contribution in [3.63, 3.8) is 0 Å². The molecule has 0 aliphatic carbocycles. The van der Waals surface area contributed by atoms with E-state index >= 15 is 0 Å². The van der Waals surface area contributed by atoms with Crippen molar-refractivity contribution < 1.29 is 18.9 Å². The summed E-state index contributed by atoms with van der Waals surface area (Å²) >= 11 is 0. The molecule has 0 unspecified atom stereocenters. The number of piperazine rings is 1. The van der Waals surface area contributed by atoms with Crippen LogP contribution in [0.25, 0.3) is 0 Å². The van der Waals surface area contributed by atoms with E-state index in [-0.39, 0.29) is 0 Å². The first-order valence-electron chi connectivity index (χ1n) is 10.7. The van der Waals surface area contributed by atoms with E-state index in [1.807, 2.05) is 31.3 Å². The lowest BCUT2D eigenvalue weighted by molar-refractivity contribution is 0.172. The van der Waals surface area contributed by atoms with Crippen LogP contribution in [-0.4, -0.2) is 77.4 Å². The van der Waals surface area contributed by atoms with Crippen LogP contribution in [0.3, 0.4) is 0 Å². The number of rotatable bonds is 8. The smallest absolute Gasteiger partial charge is 0.203 e. The fraction of sp³-hybridized carbons (Fsp3) is 0.458. The molecule has 0 saturated carbocycles. The molecule has 174 valence electrons. The summed E-state index contributed by atoms with van der Waals surface area (Å²) in [6.07, 6.45) is 0. The summed E-state index contributed by atoms with van der Waals surface area (Å²) < 4.78 is 21.6. The van der Waals surface area contributed by atoms with Gasteiger partial charge in [0, 0.05) is 46.3 Å². The summed E-state index contributed by atoms with van der Waals surface area (Å²) in [6.45, 7) is 5.25. The second-order valence-electron chi connectivity index (χ2n) is 7.55. The van der Waals surface area contributed by atoms with Gasteiger partial charge in [0.25, 0.3) is 0 Å². The van der Waals surface area contributed by atoms with Crippen LogP contribution in [0.15, 0.2) is 41.4 Å². The van der Waals surface area contributed by atoms with Crippen molar-refractivity contribution in [1.82, 2.24) is 15.1 Å². The highest BCUT2D eigenvalue weighted by atomic mass is 16.5. The van der Waals surface area contributed by atoms with Crippen LogP contribution in [-0.2, 0) is 13.1 Å². The summed E-state index contributed by atoms with van der Waals surface area (Å²) in [6, 6.07) is 12.1. The quantitative estimate of drug-likeness (QED) is 0.498. The second kappa shape index (κ2) is 11.5. The van der Waals surface area contributed by atoms with Gasteiger partial charge >= 0.3 is 0 Å². The first kappa shape index (κ1) is 23.5. The third kappa shape index (κ3) is 5.76. The van der Waals surface area contributed by atoms with Crippen molar-refractivity contribution >= 4 is 5.96 Å². The van der Waals surface area contributed by atoms with Crippen molar-refractivity contribution in [3.05, 3.63) is 47.5 Å². The van der Waals surface area contributed by atoms with Crippen LogP contribution in [0, 0.1) is 0 Å². The first-order chi connectivity index (χ1) is 15.6. The number of benzene rings is 2. The minimum absolute atomic E-state index is 0.621. The van der Waals surface area contributed by atoms with E-state index in [1.165, 1.54) is 5.56 Å². The zero-order valence-corrected chi connectivity index (χ0v) is 19.7. The SMILES string of the molecule is CN=C(NCc1ccc(OC)cc1)N1CCN(Cc2cc(OC)c(OC)c(OC)c2)CC1. The minimum atomic E-state index is 0.621. The molecular formula is C24H34N4O4. The molecule has 1 saturated heterocycles. The summed E-state index contributed by atoms with van der Waals surface area (Å²) in [7, 11) is 8.42. The number of nitrogens with zero attached hydrogens (tertiary/aromatic N) is 3. The standard InChI is InChI=1S/C24H34N4O4/c1-25-24(26-16-18-6-8-20(29-2)9-7-18)28-12-10-27(11-13-28)17-19-14-21(30-3)23(32-5)22(15-19)31-4/h6-9,14-15H,10-13,16-17H2,1-5H3,(H,25,26). The molecule has 8 nitrogen and oxygen atoms in total. The largest absolute Gasteiger partial charge is 0.497 e. The van der Waals surface area contributed by atoms with Gasteiger partial charge in [-0.25, -0.2) is 0 Å². The van der Waals surface area contributed by atoms with Crippen LogP contribution >= 0.6 is 0 Å². The van der Waals surface area contributed by atoms with Gasteiger partial charge in [0.05, 0.1) is 28.4 Å². The number of hydrogen-bond acceptors (Lipinski definition) is 6. The zero-order chi connectivity index (χ0) is 22.9. The molecule has 1 N–H and O–H groups in total. The molecule has 1 aliphatic heterocycles. The second-order valence-corrected chi connectivity index (χ2v) is 7.55. The van der Waals surface area contributed by atoms with E-state index in [0.29, 0.717) is 17.2 Å². The van der Waals surface area contributed by atoms with Crippen molar-refractivity contribution in [1.29, 1.82) is 0 Å². The highest BCUT2D eigenvalue weighted by molar-refractivity contribution is 5.80. The van der Waals surface area contributed by atoms with Gasteiger partial charge < -0.3 is 29.2 Å². The van der Waals surface area contributed by atoms with Gasteiger partial charge in [-0.1, -0.05) is 12.1 Å². The van der Waals surface area contributed by atoms with Gasteiger partial charge in [0.2, 0.25) is 5.75 Å². The third-order valence-electron chi connectivity index (χ3n) is 5.62. The van der Waals surface area contributed by atoms with Crippen molar-refractivity contribution in [2.75, 3.05) is 61.7 Å². The van der Waals surface area contributed by atoms with Gasteiger partial charge in [0.1, 0.15) is 5.75 Å². The van der Waals surface area contributed by atoms with E-state index in [9.17, 15) is 0 Å². The van der Waals surface area contributed by atoms with Crippen LogP contribution in [0.2, 0.25) is 0 Å². The number of methoxy groups -OCH3 is 4. The normalized spacial score (nSPS) is 14.8. The van der Waals surface area contributed by atoms with Crippen LogP contribution < -0.4 is 24.3 Å². The number of nitrogens with one attached hydrogen (secondary N) is 1. The van der Waals surface area contributed by atoms with Crippen molar-refractivity contribution in [2.45, 2.75) is 13.1 Å². The Hall–Kier alpha value is -3.13. The predicted octanol–water partition coefficient (Wildman–Crippen LogP) is 2.61. The average Bonchev–Trinajstić information content (AvgIpc) is 2.85. The molecule has 8 heteroatoms. The van der Waals surface area contributed by atoms with E-state index < -0.39 is 0 Å². The molecule has 1 heterocycles. The van der Waals surface area contributed by atoms with Crippen molar-refractivity contribution in [3.8, 4) is 23.0 Å². The highest BCUT2D eigenvalue weighted by Gasteiger charge is 2.21. The van der Waals surface area contributed by atoms with Gasteiger partial charge in [-0.05, 0) is 35.4 Å². The lowest BCUT2D eigenvalue weighted by Gasteiger charge is -2.36. The molecule has 0 radical (unpaired) electrons. The Morgan fingerprint density at radius 2 is 1.47 bits per heavy atom. The molecule has 3 rings (SSSR count). The Bertz CT molecular complexity index is 868. The van der Waals surface area contributed by atoms with Crippen LogP contribution in [0.1, 0.15) is 11.1 Å². The van der Waals surface area contributed by atoms with E-state index in [2.05, 4.69) is 32.2 Å². The molecular weight excluding hydrogens is 408 g/mol. The Kier molecular flexibility index (Phi) is 8.44. The lowest BCUT2D eigenvalue weighted by atomic mass is 10.1. The Labute approximate surface area is 190 Å². The van der Waals surface area contributed by atoms with Gasteiger partial charge in [-0.3, -0.25) is 9.89 Å². The maximum Gasteiger partial charge on any atom is 0.203 e. The molecule has 1 fully saturated rings. The third-order valence-corrected chi connectivity index (χ3v) is 5.62. The number of ether oxygens (including phenoxy) is 4. The molecule has 32 heavy (non-hydrogen) atoms. The number of guanidine groups is 1. The van der Waals surface area contributed by atoms with Gasteiger partial charge in [-0.2, -0.15) is 0 Å². The fourth-order valence-corrected chi connectivity index (χ4v) is 3.86. The Morgan fingerprint density at radius 1 is 0.844 bits per heavy atom. The molecule has 0 spiro atoms. The Morgan fingerprint density at radius 3 is 1.97 bits per heavy atom. The summed E-state index contributed by atoms with van der Waals surface area (Å²) in [5.41, 5.74) is 2.32. The number of aliphatic imine (C=N–C) groups is 1. The van der Waals surface area contributed by atoms with Crippen LogP contribution in [0.4, 0.5) is 0 Å². The minimum Gasteiger partial charge on any atom is -0.497 e. The molecule has 0 amide bonds. The predicted molar refractivity (Wildman–Crippen MR) is 126 cm³/mol. The van der Waals surface area contributed by atoms with Gasteiger partial charge in [-0.15, -0.1) is 0 Å². The maximum atomic E-state index is 5.49. The van der Waals surface area contributed by atoms with E-state index in [4.69, 9.17) is 18.9 Å². The van der Waals surface area contributed by atoms with Gasteiger partial charge in [0.15, 0.2) is 17.5 Å². The highest BCUT2D eigenvalue weighted by Crippen LogP contribution is 2.38. The average molecular weight is 443 g/mol. The lowest BCUT2D eigenvalue weighted by Crippen LogP contribution is -2.52. The molecule has 0 bridgehead atoms. The van der Waals surface area contributed by atoms with E-state index in [1.54, 1.807) is 28.4 Å². The van der Waals surface area contributed by atoms with Crippen molar-refractivity contribution in [2.24, 2.45) is 4.99 Å². The summed E-state index contributed by atoms with van der Waals surface area (Å²) in [4.78, 5) is 9.20. The Balaban J connectivity index is 1.54. The zero-order valence-electron chi connectivity index (χ0n) is 19.7. The fourth-order valence-electron chi connectivity index (χ4n) is 3.86. The molecule has 2 aromatic rings. The monoisotopic (exact) mass is 442 g/mol. The van der Waals surface area contributed by atoms with Crippen LogP contribution in [0.5, 0.6) is 23.0 Å². The summed E-state index contributed by atoms with van der Waals surface area (Å²) in [5, 5.41) is 3.47. The topological polar surface area (TPSA) is 67.8 Å². The first-order valence-corrected chi connectivity index (χ1v) is 10.7. The molecule has 0 aromatic heterocycles. The molecule has 1 aliphatic rings. The summed E-state index contributed by atoms with van der Waals surface area (Å²) in [5.74, 6) is 3.78. The molecule has 2 aromatic carbocycles.